The van der Waals surface area contributed by atoms with Gasteiger partial charge in [0.1, 0.15) is 37.1 Å². The van der Waals surface area contributed by atoms with E-state index >= 15 is 0 Å². The second-order valence-corrected chi connectivity index (χ2v) is 11.1. The third kappa shape index (κ3) is 7.23. The van der Waals surface area contributed by atoms with Gasteiger partial charge in [-0.1, -0.05) is 48.5 Å². The monoisotopic (exact) mass is 495 g/mol. The van der Waals surface area contributed by atoms with Crippen molar-refractivity contribution in [2.45, 2.75) is 57.8 Å². The number of fused-ring (bicyclic) bond motifs is 3. The van der Waals surface area contributed by atoms with E-state index in [2.05, 4.69) is 5.32 Å². The Labute approximate surface area is 214 Å². The molecule has 5 rings (SSSR count). The first-order chi connectivity index (χ1) is 17.2. The first-order valence-corrected chi connectivity index (χ1v) is 13.0. The third-order valence-corrected chi connectivity index (χ3v) is 7.14. The van der Waals surface area contributed by atoms with Crippen LogP contribution in [0.4, 0.5) is 4.79 Å². The highest BCUT2D eigenvalue weighted by atomic mass is 16.6. The quantitative estimate of drug-likeness (QED) is 0.414. The first-order valence-electron chi connectivity index (χ1n) is 13.0. The predicted molar refractivity (Wildman–Crippen MR) is 138 cm³/mol. The number of nitrogens with one attached hydrogen (secondary N) is 1. The maximum Gasteiger partial charge on any atom is 0.408 e. The minimum atomic E-state index is -0.812. The molecule has 3 aliphatic rings. The zero-order valence-electron chi connectivity index (χ0n) is 21.7. The van der Waals surface area contributed by atoms with Crippen LogP contribution in [0.15, 0.2) is 60.7 Å². The van der Waals surface area contributed by atoms with Crippen LogP contribution in [0.25, 0.3) is 0 Å². The molecule has 0 radical (unpaired) electrons. The Kier molecular flexibility index (Phi) is 8.19. The van der Waals surface area contributed by atoms with Crippen LogP contribution in [0.3, 0.4) is 0 Å². The highest BCUT2D eigenvalue weighted by Crippen LogP contribution is 2.35. The summed E-state index contributed by atoms with van der Waals surface area (Å²) in [6.45, 7) is 9.88. The van der Waals surface area contributed by atoms with Crippen molar-refractivity contribution in [1.82, 2.24) is 5.32 Å². The zero-order valence-corrected chi connectivity index (χ0v) is 21.7. The normalized spacial score (nSPS) is 24.0. The Morgan fingerprint density at radius 1 is 1.00 bits per heavy atom. The van der Waals surface area contributed by atoms with Gasteiger partial charge in [-0.05, 0) is 38.5 Å². The average molecular weight is 496 g/mol. The average Bonchev–Trinajstić information content (AvgIpc) is 2.84. The Morgan fingerprint density at radius 3 is 2.28 bits per heavy atom. The second-order valence-electron chi connectivity index (χ2n) is 11.1. The lowest BCUT2D eigenvalue weighted by Gasteiger charge is -2.52. The molecule has 2 atom stereocenters. The van der Waals surface area contributed by atoms with Gasteiger partial charge in [0.05, 0.1) is 13.1 Å². The van der Waals surface area contributed by atoms with Crippen molar-refractivity contribution in [2.75, 3.05) is 32.8 Å². The summed E-state index contributed by atoms with van der Waals surface area (Å²) in [5, 5.41) is 2.76. The SMILES string of the molecule is CC(C)(C)OC(=O)N[C@@H](Cc1ccccc1)C(=O)O[C@H]1C[N+]2(CCOc3ccccc3)CCC1CC2. The summed E-state index contributed by atoms with van der Waals surface area (Å²) in [5.41, 5.74) is 0.297. The number of alkyl carbamates (subject to hydrolysis) is 1. The molecular weight excluding hydrogens is 456 g/mol. The molecular formula is C29H39N2O5+. The Morgan fingerprint density at radius 2 is 1.64 bits per heavy atom. The van der Waals surface area contributed by atoms with Gasteiger partial charge in [-0.25, -0.2) is 9.59 Å². The van der Waals surface area contributed by atoms with E-state index in [1.807, 2.05) is 60.7 Å². The van der Waals surface area contributed by atoms with E-state index in [1.165, 1.54) is 0 Å². The van der Waals surface area contributed by atoms with Crippen LogP contribution in [-0.2, 0) is 20.7 Å². The van der Waals surface area contributed by atoms with Gasteiger partial charge in [0, 0.05) is 25.2 Å². The summed E-state index contributed by atoms with van der Waals surface area (Å²) in [6, 6.07) is 18.7. The summed E-state index contributed by atoms with van der Waals surface area (Å²) >= 11 is 0. The van der Waals surface area contributed by atoms with Crippen molar-refractivity contribution in [2.24, 2.45) is 5.92 Å². The number of carbonyl (C=O) groups excluding carboxylic acids is 2. The number of carbonyl (C=O) groups is 2. The van der Waals surface area contributed by atoms with E-state index in [4.69, 9.17) is 14.2 Å². The number of quaternary nitrogens is 1. The number of rotatable bonds is 9. The molecule has 0 saturated carbocycles. The molecule has 1 N–H and O–H groups in total. The number of amides is 1. The van der Waals surface area contributed by atoms with E-state index in [9.17, 15) is 9.59 Å². The van der Waals surface area contributed by atoms with Crippen LogP contribution in [-0.4, -0.2) is 67.1 Å². The first kappa shape index (κ1) is 26.0. The molecule has 1 amide bonds. The van der Waals surface area contributed by atoms with Crippen molar-refractivity contribution in [3.63, 3.8) is 0 Å². The van der Waals surface area contributed by atoms with Crippen molar-refractivity contribution in [1.29, 1.82) is 0 Å². The molecule has 2 aromatic rings. The molecule has 2 bridgehead atoms. The topological polar surface area (TPSA) is 73.9 Å². The minimum Gasteiger partial charge on any atom is -0.488 e. The molecule has 3 aliphatic heterocycles. The standard InChI is InChI=1S/C29H38N2O5/c1-29(2,3)36-28(33)30-25(20-22-10-6-4-7-11-22)27(32)35-26-21-31(16-14-23(26)15-17-31)18-19-34-24-12-8-5-9-13-24/h4-13,23,25-26H,14-21H2,1-3H3/p+1/t23?,25-,26-,31?/m0/s1. The zero-order chi connectivity index (χ0) is 25.6. The number of hydrogen-bond acceptors (Lipinski definition) is 5. The van der Waals surface area contributed by atoms with Gasteiger partial charge in [0.25, 0.3) is 0 Å². The van der Waals surface area contributed by atoms with Crippen LogP contribution < -0.4 is 10.1 Å². The fraction of sp³-hybridized carbons (Fsp3) is 0.517. The van der Waals surface area contributed by atoms with Gasteiger partial charge in [0.15, 0.2) is 6.10 Å². The van der Waals surface area contributed by atoms with Crippen LogP contribution in [0.1, 0.15) is 39.2 Å². The molecule has 7 heteroatoms. The maximum atomic E-state index is 13.4. The predicted octanol–water partition coefficient (Wildman–Crippen LogP) is 4.35. The molecule has 0 aliphatic carbocycles. The number of piperidine rings is 3. The third-order valence-electron chi connectivity index (χ3n) is 7.14. The lowest BCUT2D eigenvalue weighted by atomic mass is 9.83. The lowest BCUT2D eigenvalue weighted by Crippen LogP contribution is -2.65. The van der Waals surface area contributed by atoms with Gasteiger partial charge >= 0.3 is 12.1 Å². The molecule has 194 valence electrons. The smallest absolute Gasteiger partial charge is 0.408 e. The van der Waals surface area contributed by atoms with Crippen molar-refractivity contribution in [3.8, 4) is 5.75 Å². The number of hydrogen-bond donors (Lipinski definition) is 1. The fourth-order valence-electron chi connectivity index (χ4n) is 5.27. The molecule has 7 nitrogen and oxygen atoms in total. The van der Waals surface area contributed by atoms with Gasteiger partial charge in [-0.15, -0.1) is 0 Å². The van der Waals surface area contributed by atoms with Crippen molar-refractivity contribution >= 4 is 12.1 Å². The number of benzene rings is 2. The van der Waals surface area contributed by atoms with Crippen molar-refractivity contribution in [3.05, 3.63) is 66.2 Å². The number of ether oxygens (including phenoxy) is 3. The molecule has 0 aromatic heterocycles. The Bertz CT molecular complexity index is 997. The van der Waals surface area contributed by atoms with Crippen LogP contribution in [0, 0.1) is 5.92 Å². The molecule has 36 heavy (non-hydrogen) atoms. The van der Waals surface area contributed by atoms with Crippen LogP contribution in [0.5, 0.6) is 5.75 Å². The van der Waals surface area contributed by atoms with E-state index < -0.39 is 23.7 Å². The molecule has 3 fully saturated rings. The highest BCUT2D eigenvalue weighted by molar-refractivity contribution is 5.82. The van der Waals surface area contributed by atoms with E-state index in [0.29, 0.717) is 18.9 Å². The summed E-state index contributed by atoms with van der Waals surface area (Å²) in [4.78, 5) is 25.9. The maximum absolute atomic E-state index is 13.4. The van der Waals surface area contributed by atoms with E-state index in [-0.39, 0.29) is 6.10 Å². The molecule has 3 saturated heterocycles. The van der Waals surface area contributed by atoms with E-state index in [1.54, 1.807) is 20.8 Å². The Balaban J connectivity index is 1.38. The number of para-hydroxylation sites is 1. The summed E-state index contributed by atoms with van der Waals surface area (Å²) in [5.74, 6) is 0.840. The van der Waals surface area contributed by atoms with E-state index in [0.717, 1.165) is 54.8 Å². The Hall–Kier alpha value is -3.06. The van der Waals surface area contributed by atoms with Crippen LogP contribution >= 0.6 is 0 Å². The molecule has 0 spiro atoms. The number of nitrogens with zero attached hydrogens (tertiary/aromatic N) is 1. The molecule has 3 heterocycles. The summed E-state index contributed by atoms with van der Waals surface area (Å²) in [6.07, 6.45) is 1.64. The molecule has 2 aromatic carbocycles. The largest absolute Gasteiger partial charge is 0.488 e. The van der Waals surface area contributed by atoms with Gasteiger partial charge in [-0.2, -0.15) is 0 Å². The highest BCUT2D eigenvalue weighted by Gasteiger charge is 2.48. The summed E-state index contributed by atoms with van der Waals surface area (Å²) in [7, 11) is 0. The fourth-order valence-corrected chi connectivity index (χ4v) is 5.27. The van der Waals surface area contributed by atoms with Gasteiger partial charge in [-0.3, -0.25) is 0 Å². The van der Waals surface area contributed by atoms with Crippen LogP contribution in [0.2, 0.25) is 0 Å². The molecule has 0 unspecified atom stereocenters. The van der Waals surface area contributed by atoms with Gasteiger partial charge < -0.3 is 24.0 Å². The van der Waals surface area contributed by atoms with Gasteiger partial charge in [0.2, 0.25) is 0 Å². The minimum absolute atomic E-state index is 0.157. The lowest BCUT2D eigenvalue weighted by molar-refractivity contribution is -0.946. The number of esters is 1. The van der Waals surface area contributed by atoms with Crippen molar-refractivity contribution < 1.29 is 28.3 Å². The summed E-state index contributed by atoms with van der Waals surface area (Å²) < 4.78 is 18.4. The second kappa shape index (κ2) is 11.3.